The summed E-state index contributed by atoms with van der Waals surface area (Å²) in [6.45, 7) is 7.10. The van der Waals surface area contributed by atoms with Gasteiger partial charge in [-0.2, -0.15) is 0 Å². The molecule has 0 aliphatic heterocycles. The van der Waals surface area contributed by atoms with Crippen LogP contribution in [0.5, 0.6) is 0 Å². The Labute approximate surface area is 77.7 Å². The van der Waals surface area contributed by atoms with Crippen LogP contribution in [0.2, 0.25) is 0 Å². The van der Waals surface area contributed by atoms with Gasteiger partial charge >= 0.3 is 0 Å². The maximum absolute atomic E-state index is 2.42. The number of hydrogen-bond acceptors (Lipinski definition) is 0. The molecule has 1 saturated carbocycles. The van der Waals surface area contributed by atoms with E-state index < -0.39 is 0 Å². The molecule has 0 saturated heterocycles. The standard InChI is InChI=1S/C12H24/c1-4-5-6-10(2)7-8-12-9-11(12)3/h10-12H,4-9H2,1-3H3. The smallest absolute Gasteiger partial charge is 0.0386 e. The molecule has 0 aromatic carbocycles. The lowest BCUT2D eigenvalue weighted by Gasteiger charge is -2.09. The minimum Gasteiger partial charge on any atom is -0.0654 e. The summed E-state index contributed by atoms with van der Waals surface area (Å²) in [4.78, 5) is 0. The fourth-order valence-electron chi connectivity index (χ4n) is 2.00. The third-order valence-electron chi connectivity index (χ3n) is 3.36. The third-order valence-corrected chi connectivity index (χ3v) is 3.36. The second-order valence-electron chi connectivity index (χ2n) is 4.80. The van der Waals surface area contributed by atoms with Crippen molar-refractivity contribution in [3.8, 4) is 0 Å². The van der Waals surface area contributed by atoms with E-state index in [0.717, 1.165) is 17.8 Å². The topological polar surface area (TPSA) is 0 Å². The third kappa shape index (κ3) is 3.60. The molecule has 0 aromatic heterocycles. The highest BCUT2D eigenvalue weighted by Crippen LogP contribution is 2.42. The Balaban J connectivity index is 1.91. The van der Waals surface area contributed by atoms with Gasteiger partial charge in [-0.05, 0) is 30.6 Å². The van der Waals surface area contributed by atoms with E-state index in [1.54, 1.807) is 0 Å². The molecule has 1 rings (SSSR count). The quantitative estimate of drug-likeness (QED) is 0.556. The van der Waals surface area contributed by atoms with Gasteiger partial charge in [-0.3, -0.25) is 0 Å². The maximum atomic E-state index is 2.42. The van der Waals surface area contributed by atoms with E-state index in [1.807, 2.05) is 0 Å². The van der Waals surface area contributed by atoms with E-state index in [9.17, 15) is 0 Å². The van der Waals surface area contributed by atoms with E-state index in [4.69, 9.17) is 0 Å². The van der Waals surface area contributed by atoms with Crippen molar-refractivity contribution in [2.45, 2.75) is 59.3 Å². The molecule has 1 aliphatic rings. The van der Waals surface area contributed by atoms with Gasteiger partial charge in [0.1, 0.15) is 0 Å². The van der Waals surface area contributed by atoms with Crippen molar-refractivity contribution >= 4 is 0 Å². The summed E-state index contributed by atoms with van der Waals surface area (Å²) >= 11 is 0. The molecule has 0 spiro atoms. The SMILES string of the molecule is CCCCC(C)CCC1CC1C. The fourth-order valence-corrected chi connectivity index (χ4v) is 2.00. The Morgan fingerprint density at radius 3 is 2.50 bits per heavy atom. The Morgan fingerprint density at radius 1 is 1.33 bits per heavy atom. The van der Waals surface area contributed by atoms with E-state index in [-0.39, 0.29) is 0 Å². The molecule has 0 heteroatoms. The monoisotopic (exact) mass is 168 g/mol. The first-order valence-corrected chi connectivity index (χ1v) is 5.74. The Bertz CT molecular complexity index is 117. The van der Waals surface area contributed by atoms with Crippen LogP contribution < -0.4 is 0 Å². The van der Waals surface area contributed by atoms with E-state index in [1.165, 1.54) is 38.5 Å². The molecule has 0 amide bonds. The van der Waals surface area contributed by atoms with Crippen LogP contribution >= 0.6 is 0 Å². The van der Waals surface area contributed by atoms with Gasteiger partial charge < -0.3 is 0 Å². The summed E-state index contributed by atoms with van der Waals surface area (Å²) < 4.78 is 0. The van der Waals surface area contributed by atoms with Crippen LogP contribution in [0.15, 0.2) is 0 Å². The largest absolute Gasteiger partial charge is 0.0654 e. The molecular formula is C12H24. The van der Waals surface area contributed by atoms with Gasteiger partial charge in [0, 0.05) is 0 Å². The van der Waals surface area contributed by atoms with Gasteiger partial charge in [0.2, 0.25) is 0 Å². The molecule has 12 heavy (non-hydrogen) atoms. The zero-order valence-corrected chi connectivity index (χ0v) is 8.97. The van der Waals surface area contributed by atoms with Gasteiger partial charge in [-0.1, -0.05) is 46.5 Å². The second kappa shape index (κ2) is 4.89. The van der Waals surface area contributed by atoms with E-state index in [2.05, 4.69) is 20.8 Å². The number of rotatable bonds is 6. The lowest BCUT2D eigenvalue weighted by Crippen LogP contribution is -1.95. The first-order chi connectivity index (χ1) is 5.74. The lowest BCUT2D eigenvalue weighted by atomic mass is 9.97. The van der Waals surface area contributed by atoms with Crippen molar-refractivity contribution in [2.24, 2.45) is 17.8 Å². The maximum Gasteiger partial charge on any atom is -0.0386 e. The van der Waals surface area contributed by atoms with Crippen molar-refractivity contribution < 1.29 is 0 Å². The second-order valence-corrected chi connectivity index (χ2v) is 4.80. The van der Waals surface area contributed by atoms with Crippen LogP contribution in [0.1, 0.15) is 59.3 Å². The highest BCUT2D eigenvalue weighted by Gasteiger charge is 2.31. The van der Waals surface area contributed by atoms with Crippen LogP contribution in [0.4, 0.5) is 0 Å². The molecule has 0 N–H and O–H groups in total. The van der Waals surface area contributed by atoms with Gasteiger partial charge in [0.05, 0.1) is 0 Å². The molecule has 0 radical (unpaired) electrons. The number of unbranched alkanes of at least 4 members (excludes halogenated alkanes) is 1. The normalized spacial score (nSPS) is 30.2. The summed E-state index contributed by atoms with van der Waals surface area (Å²) in [5, 5.41) is 0. The molecule has 1 aliphatic carbocycles. The molecule has 0 heterocycles. The molecule has 0 aromatic rings. The molecule has 0 bridgehead atoms. The predicted molar refractivity (Wildman–Crippen MR) is 55.2 cm³/mol. The summed E-state index contributed by atoms with van der Waals surface area (Å²) in [5.74, 6) is 3.15. The lowest BCUT2D eigenvalue weighted by molar-refractivity contribution is 0.438. The highest BCUT2D eigenvalue weighted by molar-refractivity contribution is 4.82. The zero-order chi connectivity index (χ0) is 8.97. The summed E-state index contributed by atoms with van der Waals surface area (Å²) in [6.07, 6.45) is 8.75. The minimum atomic E-state index is 0.984. The molecule has 1 fully saturated rings. The summed E-state index contributed by atoms with van der Waals surface area (Å²) in [7, 11) is 0. The Hall–Kier alpha value is 0. The van der Waals surface area contributed by atoms with E-state index in [0.29, 0.717) is 0 Å². The molecule has 0 nitrogen and oxygen atoms in total. The van der Waals surface area contributed by atoms with Gasteiger partial charge in [0.25, 0.3) is 0 Å². The van der Waals surface area contributed by atoms with Gasteiger partial charge in [-0.15, -0.1) is 0 Å². The molecule has 3 atom stereocenters. The van der Waals surface area contributed by atoms with E-state index >= 15 is 0 Å². The highest BCUT2D eigenvalue weighted by atomic mass is 14.4. The molecule has 3 unspecified atom stereocenters. The van der Waals surface area contributed by atoms with Crippen molar-refractivity contribution in [1.29, 1.82) is 0 Å². The van der Waals surface area contributed by atoms with Gasteiger partial charge in [-0.25, -0.2) is 0 Å². The van der Waals surface area contributed by atoms with Crippen LogP contribution in [-0.4, -0.2) is 0 Å². The fraction of sp³-hybridized carbons (Fsp3) is 1.00. The van der Waals surface area contributed by atoms with Crippen molar-refractivity contribution in [3.63, 3.8) is 0 Å². The zero-order valence-electron chi connectivity index (χ0n) is 8.97. The van der Waals surface area contributed by atoms with Crippen LogP contribution in [0, 0.1) is 17.8 Å². The summed E-state index contributed by atoms with van der Waals surface area (Å²) in [6, 6.07) is 0. The average Bonchev–Trinajstić information content (AvgIpc) is 2.75. The predicted octanol–water partition coefficient (Wildman–Crippen LogP) is 4.25. The summed E-state index contributed by atoms with van der Waals surface area (Å²) in [5.41, 5.74) is 0. The Morgan fingerprint density at radius 2 is 2.00 bits per heavy atom. The minimum absolute atomic E-state index is 0.984. The average molecular weight is 168 g/mol. The van der Waals surface area contributed by atoms with Crippen LogP contribution in [0.25, 0.3) is 0 Å². The van der Waals surface area contributed by atoms with Crippen molar-refractivity contribution in [3.05, 3.63) is 0 Å². The van der Waals surface area contributed by atoms with Crippen molar-refractivity contribution in [1.82, 2.24) is 0 Å². The Kier molecular flexibility index (Phi) is 4.11. The first kappa shape index (κ1) is 10.1. The molecular weight excluding hydrogens is 144 g/mol. The van der Waals surface area contributed by atoms with Crippen LogP contribution in [-0.2, 0) is 0 Å². The molecule has 72 valence electrons. The first-order valence-electron chi connectivity index (χ1n) is 5.74. The number of hydrogen-bond donors (Lipinski definition) is 0. The van der Waals surface area contributed by atoms with Crippen LogP contribution in [0.3, 0.4) is 0 Å². The van der Waals surface area contributed by atoms with Gasteiger partial charge in [0.15, 0.2) is 0 Å². The van der Waals surface area contributed by atoms with Crippen molar-refractivity contribution in [2.75, 3.05) is 0 Å².